The van der Waals surface area contributed by atoms with Crippen LogP contribution in [0.1, 0.15) is 23.2 Å². The number of rotatable bonds is 7. The van der Waals surface area contributed by atoms with E-state index in [1.807, 2.05) is 59.6 Å². The van der Waals surface area contributed by atoms with Crippen LogP contribution in [0.15, 0.2) is 66.0 Å². The summed E-state index contributed by atoms with van der Waals surface area (Å²) in [5.74, 6) is 0.874. The van der Waals surface area contributed by atoms with Gasteiger partial charge in [0.1, 0.15) is 5.82 Å². The highest BCUT2D eigenvalue weighted by atomic mass is 32.2. The van der Waals surface area contributed by atoms with Crippen LogP contribution in [0.5, 0.6) is 0 Å². The third-order valence-electron chi connectivity index (χ3n) is 5.91. The molecule has 1 N–H and O–H groups in total. The Morgan fingerprint density at radius 2 is 1.73 bits per heavy atom. The summed E-state index contributed by atoms with van der Waals surface area (Å²) >= 11 is 1.53. The molecule has 3 heterocycles. The number of nitrogens with zero attached hydrogens (tertiary/aromatic N) is 5. The van der Waals surface area contributed by atoms with E-state index in [-0.39, 0.29) is 5.91 Å². The van der Waals surface area contributed by atoms with Crippen molar-refractivity contribution in [3.8, 4) is 11.1 Å². The predicted molar refractivity (Wildman–Crippen MR) is 133 cm³/mol. The lowest BCUT2D eigenvalue weighted by molar-refractivity contribution is 0.0952. The van der Waals surface area contributed by atoms with Gasteiger partial charge in [0.15, 0.2) is 10.8 Å². The SMILES string of the molecule is CSc1nc(N2CCCC2)c2cnn(CCNC(=O)c3ccc(-c4ccccc4)cc3)c2n1. The molecular weight excluding hydrogens is 432 g/mol. The molecule has 0 atom stereocenters. The van der Waals surface area contributed by atoms with E-state index in [0.29, 0.717) is 18.7 Å². The summed E-state index contributed by atoms with van der Waals surface area (Å²) in [5.41, 5.74) is 3.68. The first-order chi connectivity index (χ1) is 16.2. The lowest BCUT2D eigenvalue weighted by Crippen LogP contribution is -2.27. The van der Waals surface area contributed by atoms with Crippen LogP contribution in [0.3, 0.4) is 0 Å². The van der Waals surface area contributed by atoms with Crippen LogP contribution < -0.4 is 10.2 Å². The summed E-state index contributed by atoms with van der Waals surface area (Å²) in [6.07, 6.45) is 6.20. The second-order valence-corrected chi connectivity index (χ2v) is 8.81. The molecule has 5 rings (SSSR count). The monoisotopic (exact) mass is 458 g/mol. The van der Waals surface area contributed by atoms with Crippen molar-refractivity contribution in [2.24, 2.45) is 0 Å². The summed E-state index contributed by atoms with van der Waals surface area (Å²) in [7, 11) is 0. The van der Waals surface area contributed by atoms with Gasteiger partial charge >= 0.3 is 0 Å². The maximum atomic E-state index is 12.6. The minimum absolute atomic E-state index is 0.0942. The van der Waals surface area contributed by atoms with Crippen LogP contribution in [0.2, 0.25) is 0 Å². The van der Waals surface area contributed by atoms with Gasteiger partial charge in [0.2, 0.25) is 0 Å². The Kier molecular flexibility index (Phi) is 6.26. The molecule has 4 aromatic rings. The van der Waals surface area contributed by atoms with Crippen LogP contribution in [0, 0.1) is 0 Å². The van der Waals surface area contributed by atoms with Gasteiger partial charge in [0, 0.05) is 25.2 Å². The van der Waals surface area contributed by atoms with Crippen molar-refractivity contribution in [3.63, 3.8) is 0 Å². The molecule has 8 heteroatoms. The van der Waals surface area contributed by atoms with E-state index in [9.17, 15) is 4.79 Å². The van der Waals surface area contributed by atoms with Gasteiger partial charge in [-0.1, -0.05) is 54.2 Å². The quantitative estimate of drug-likeness (QED) is 0.330. The van der Waals surface area contributed by atoms with Gasteiger partial charge < -0.3 is 10.2 Å². The van der Waals surface area contributed by atoms with Gasteiger partial charge in [-0.15, -0.1) is 0 Å². The van der Waals surface area contributed by atoms with E-state index in [4.69, 9.17) is 9.97 Å². The number of hydrogen-bond donors (Lipinski definition) is 1. The van der Waals surface area contributed by atoms with Gasteiger partial charge in [-0.2, -0.15) is 5.10 Å². The maximum absolute atomic E-state index is 12.6. The first kappa shape index (κ1) is 21.5. The number of anilines is 1. The smallest absolute Gasteiger partial charge is 0.251 e. The molecule has 0 radical (unpaired) electrons. The molecule has 0 spiro atoms. The van der Waals surface area contributed by atoms with E-state index in [0.717, 1.165) is 46.2 Å². The number of amides is 1. The Balaban J connectivity index is 1.26. The predicted octanol–water partition coefficient (Wildman–Crippen LogP) is 4.25. The summed E-state index contributed by atoms with van der Waals surface area (Å²) < 4.78 is 1.86. The molecular formula is C25H26N6OS. The van der Waals surface area contributed by atoms with Crippen molar-refractivity contribution >= 4 is 34.5 Å². The molecule has 0 saturated carbocycles. The Bertz CT molecular complexity index is 1250. The zero-order valence-corrected chi connectivity index (χ0v) is 19.4. The molecule has 0 unspecified atom stereocenters. The largest absolute Gasteiger partial charge is 0.356 e. The fourth-order valence-corrected chi connectivity index (χ4v) is 4.52. The van der Waals surface area contributed by atoms with Crippen molar-refractivity contribution in [2.75, 3.05) is 30.8 Å². The van der Waals surface area contributed by atoms with E-state index < -0.39 is 0 Å². The third kappa shape index (κ3) is 4.57. The van der Waals surface area contributed by atoms with Crippen molar-refractivity contribution in [1.82, 2.24) is 25.1 Å². The highest BCUT2D eigenvalue weighted by Gasteiger charge is 2.20. The number of benzene rings is 2. The van der Waals surface area contributed by atoms with Crippen molar-refractivity contribution in [1.29, 1.82) is 0 Å². The van der Waals surface area contributed by atoms with Crippen molar-refractivity contribution < 1.29 is 4.79 Å². The van der Waals surface area contributed by atoms with Gasteiger partial charge in [0.25, 0.3) is 5.91 Å². The van der Waals surface area contributed by atoms with Gasteiger partial charge in [0.05, 0.1) is 18.1 Å². The first-order valence-corrected chi connectivity index (χ1v) is 12.4. The fraction of sp³-hybridized carbons (Fsp3) is 0.280. The minimum Gasteiger partial charge on any atom is -0.356 e. The molecule has 1 fully saturated rings. The summed E-state index contributed by atoms with van der Waals surface area (Å²) in [6.45, 7) is 3.05. The second kappa shape index (κ2) is 9.62. The van der Waals surface area contributed by atoms with Crippen LogP contribution in [-0.2, 0) is 6.54 Å². The molecule has 2 aromatic carbocycles. The Hall–Kier alpha value is -3.39. The average molecular weight is 459 g/mol. The zero-order valence-electron chi connectivity index (χ0n) is 18.6. The van der Waals surface area contributed by atoms with Crippen molar-refractivity contribution in [2.45, 2.75) is 24.5 Å². The summed E-state index contributed by atoms with van der Waals surface area (Å²) in [6, 6.07) is 17.8. The molecule has 7 nitrogen and oxygen atoms in total. The van der Waals surface area contributed by atoms with Crippen LogP contribution in [0.4, 0.5) is 5.82 Å². The summed E-state index contributed by atoms with van der Waals surface area (Å²) in [5, 5.41) is 9.26. The number of hydrogen-bond acceptors (Lipinski definition) is 6. The Morgan fingerprint density at radius 1 is 1.00 bits per heavy atom. The highest BCUT2D eigenvalue weighted by molar-refractivity contribution is 7.98. The minimum atomic E-state index is -0.0942. The lowest BCUT2D eigenvalue weighted by atomic mass is 10.0. The number of carbonyl (C=O) groups excluding carboxylic acids is 1. The standard InChI is InChI=1S/C25H26N6OS/c1-33-25-28-22(30-14-5-6-15-30)21-17-27-31(23(21)29-25)16-13-26-24(32)20-11-9-19(10-12-20)18-7-3-2-4-8-18/h2-4,7-12,17H,5-6,13-16H2,1H3,(H,26,32). The van der Waals surface area contributed by atoms with E-state index in [2.05, 4.69) is 27.4 Å². The molecule has 0 aliphatic carbocycles. The molecule has 168 valence electrons. The molecule has 2 aromatic heterocycles. The average Bonchev–Trinajstić information content (AvgIpc) is 3.55. The molecule has 0 bridgehead atoms. The van der Waals surface area contributed by atoms with E-state index >= 15 is 0 Å². The first-order valence-electron chi connectivity index (χ1n) is 11.2. The van der Waals surface area contributed by atoms with Crippen LogP contribution >= 0.6 is 11.8 Å². The topological polar surface area (TPSA) is 75.9 Å². The third-order valence-corrected chi connectivity index (χ3v) is 6.45. The Morgan fingerprint density at radius 3 is 2.45 bits per heavy atom. The maximum Gasteiger partial charge on any atom is 0.251 e. The van der Waals surface area contributed by atoms with Gasteiger partial charge in [-0.25, -0.2) is 14.6 Å². The molecule has 1 saturated heterocycles. The van der Waals surface area contributed by atoms with Crippen LogP contribution in [-0.4, -0.2) is 51.5 Å². The number of thioether (sulfide) groups is 1. The van der Waals surface area contributed by atoms with Crippen LogP contribution in [0.25, 0.3) is 22.2 Å². The van der Waals surface area contributed by atoms with Crippen molar-refractivity contribution in [3.05, 3.63) is 66.4 Å². The summed E-state index contributed by atoms with van der Waals surface area (Å²) in [4.78, 5) is 24.4. The second-order valence-electron chi connectivity index (χ2n) is 8.03. The molecule has 1 aliphatic heterocycles. The molecule has 1 amide bonds. The number of nitrogens with one attached hydrogen (secondary N) is 1. The zero-order chi connectivity index (χ0) is 22.6. The fourth-order valence-electron chi connectivity index (χ4n) is 4.17. The Labute approximate surface area is 197 Å². The molecule has 33 heavy (non-hydrogen) atoms. The number of fused-ring (bicyclic) bond motifs is 1. The number of carbonyl (C=O) groups is 1. The molecule has 1 aliphatic rings. The normalized spacial score (nSPS) is 13.5. The number of aromatic nitrogens is 4. The van der Waals surface area contributed by atoms with Gasteiger partial charge in [-0.3, -0.25) is 4.79 Å². The lowest BCUT2D eigenvalue weighted by Gasteiger charge is -2.17. The van der Waals surface area contributed by atoms with E-state index in [1.54, 1.807) is 0 Å². The van der Waals surface area contributed by atoms with E-state index in [1.165, 1.54) is 24.6 Å². The highest BCUT2D eigenvalue weighted by Crippen LogP contribution is 2.28. The van der Waals surface area contributed by atoms with Gasteiger partial charge in [-0.05, 0) is 42.4 Å².